The largest absolute Gasteiger partial charge is 0.324 e. The van der Waals surface area contributed by atoms with Crippen LogP contribution in [0.3, 0.4) is 0 Å². The quantitative estimate of drug-likeness (QED) is 0.783. The molecule has 3 rings (SSSR count). The first-order valence-corrected chi connectivity index (χ1v) is 10.6. The molecule has 0 bridgehead atoms. The highest BCUT2D eigenvalue weighted by Gasteiger charge is 2.32. The van der Waals surface area contributed by atoms with Gasteiger partial charge >= 0.3 is 0 Å². The van der Waals surface area contributed by atoms with Crippen LogP contribution >= 0.6 is 0 Å². The van der Waals surface area contributed by atoms with Gasteiger partial charge in [-0.2, -0.15) is 9.40 Å². The molecule has 27 heavy (non-hydrogen) atoms. The Labute approximate surface area is 159 Å². The summed E-state index contributed by atoms with van der Waals surface area (Å²) >= 11 is 0. The van der Waals surface area contributed by atoms with Crippen LogP contribution in [0.5, 0.6) is 0 Å². The van der Waals surface area contributed by atoms with E-state index in [1.54, 1.807) is 25.4 Å². The number of rotatable bonds is 4. The van der Waals surface area contributed by atoms with E-state index in [-0.39, 0.29) is 22.0 Å². The number of piperidine rings is 1. The molecule has 1 saturated heterocycles. The van der Waals surface area contributed by atoms with Gasteiger partial charge in [-0.3, -0.25) is 4.79 Å². The van der Waals surface area contributed by atoms with Crippen molar-refractivity contribution in [2.24, 2.45) is 13.0 Å². The van der Waals surface area contributed by atoms with Crippen molar-refractivity contribution in [3.05, 3.63) is 40.6 Å². The van der Waals surface area contributed by atoms with Gasteiger partial charge in [-0.05, 0) is 24.8 Å². The van der Waals surface area contributed by atoms with Gasteiger partial charge in [0.15, 0.2) is 0 Å². The van der Waals surface area contributed by atoms with E-state index in [9.17, 15) is 13.2 Å². The summed E-state index contributed by atoms with van der Waals surface area (Å²) in [6.07, 6.45) is 4.49. The van der Waals surface area contributed by atoms with E-state index in [1.807, 2.05) is 0 Å². The second kappa shape index (κ2) is 7.20. The van der Waals surface area contributed by atoms with E-state index in [4.69, 9.17) is 0 Å². The van der Waals surface area contributed by atoms with E-state index in [2.05, 4.69) is 30.9 Å². The van der Waals surface area contributed by atoms with Crippen molar-refractivity contribution in [2.75, 3.05) is 13.1 Å². The maximum absolute atomic E-state index is 12.7. The molecule has 0 N–H and O–H groups in total. The van der Waals surface area contributed by atoms with Gasteiger partial charge in [-0.15, -0.1) is 0 Å². The molecule has 148 valence electrons. The summed E-state index contributed by atoms with van der Waals surface area (Å²) in [5.41, 5.74) is 0.623. The fraction of sp³-hybridized carbons (Fsp3) is 0.611. The monoisotopic (exact) mass is 393 g/mol. The SMILES string of the molecule is Cn1ccnc1S(=O)(=O)N1CCC(Cn2nc(C(C)(C)C)ccc2=O)CC1. The zero-order valence-corrected chi connectivity index (χ0v) is 17.1. The molecule has 2 aromatic heterocycles. The lowest BCUT2D eigenvalue weighted by molar-refractivity contribution is 0.242. The van der Waals surface area contributed by atoms with Gasteiger partial charge in [0.1, 0.15) is 0 Å². The lowest BCUT2D eigenvalue weighted by Gasteiger charge is -2.31. The summed E-state index contributed by atoms with van der Waals surface area (Å²) in [6, 6.07) is 3.34. The molecule has 0 saturated carbocycles. The molecule has 0 spiro atoms. The van der Waals surface area contributed by atoms with Crippen LogP contribution in [0.25, 0.3) is 0 Å². The van der Waals surface area contributed by atoms with Crippen molar-refractivity contribution >= 4 is 10.0 Å². The van der Waals surface area contributed by atoms with E-state index in [1.165, 1.54) is 19.8 Å². The smallest absolute Gasteiger partial charge is 0.276 e. The lowest BCUT2D eigenvalue weighted by atomic mass is 9.92. The van der Waals surface area contributed by atoms with Crippen molar-refractivity contribution in [1.82, 2.24) is 23.6 Å². The molecule has 2 aromatic rings. The first-order chi connectivity index (χ1) is 12.6. The molecule has 0 aromatic carbocycles. The zero-order chi connectivity index (χ0) is 19.8. The summed E-state index contributed by atoms with van der Waals surface area (Å²) in [5, 5.41) is 4.58. The second-order valence-corrected chi connectivity index (χ2v) is 9.99. The van der Waals surface area contributed by atoms with E-state index in [0.29, 0.717) is 32.5 Å². The minimum Gasteiger partial charge on any atom is -0.324 e. The van der Waals surface area contributed by atoms with Crippen LogP contribution in [0.4, 0.5) is 0 Å². The number of aromatic nitrogens is 4. The van der Waals surface area contributed by atoms with Crippen molar-refractivity contribution in [3.63, 3.8) is 0 Å². The van der Waals surface area contributed by atoms with Gasteiger partial charge < -0.3 is 4.57 Å². The molecule has 8 nitrogen and oxygen atoms in total. The molecule has 9 heteroatoms. The number of nitrogens with zero attached hydrogens (tertiary/aromatic N) is 5. The van der Waals surface area contributed by atoms with Crippen LogP contribution in [-0.2, 0) is 29.0 Å². The van der Waals surface area contributed by atoms with Crippen LogP contribution in [0.1, 0.15) is 39.3 Å². The van der Waals surface area contributed by atoms with Gasteiger partial charge in [0.05, 0.1) is 5.69 Å². The van der Waals surface area contributed by atoms with Crippen LogP contribution in [0.15, 0.2) is 34.5 Å². The predicted molar refractivity (Wildman–Crippen MR) is 102 cm³/mol. The Bertz CT molecular complexity index is 963. The fourth-order valence-corrected chi connectivity index (χ4v) is 4.81. The molecule has 1 aliphatic heterocycles. The van der Waals surface area contributed by atoms with Crippen molar-refractivity contribution < 1.29 is 8.42 Å². The van der Waals surface area contributed by atoms with Crippen molar-refractivity contribution in [2.45, 2.75) is 50.7 Å². The Balaban J connectivity index is 1.69. The minimum atomic E-state index is -3.58. The Morgan fingerprint density at radius 2 is 1.85 bits per heavy atom. The highest BCUT2D eigenvalue weighted by Crippen LogP contribution is 2.24. The summed E-state index contributed by atoms with van der Waals surface area (Å²) in [7, 11) is -1.91. The van der Waals surface area contributed by atoms with Gasteiger partial charge in [0.2, 0.25) is 5.16 Å². The molecule has 3 heterocycles. The summed E-state index contributed by atoms with van der Waals surface area (Å²) < 4.78 is 30.0. The first kappa shape index (κ1) is 19.8. The lowest BCUT2D eigenvalue weighted by Crippen LogP contribution is -2.41. The molecule has 1 fully saturated rings. The van der Waals surface area contributed by atoms with Crippen LogP contribution in [0, 0.1) is 5.92 Å². The molecule has 0 radical (unpaired) electrons. The van der Waals surface area contributed by atoms with E-state index >= 15 is 0 Å². The Morgan fingerprint density at radius 3 is 2.41 bits per heavy atom. The van der Waals surface area contributed by atoms with Gasteiger partial charge in [0, 0.05) is 50.6 Å². The van der Waals surface area contributed by atoms with Crippen LogP contribution in [0.2, 0.25) is 0 Å². The van der Waals surface area contributed by atoms with Crippen LogP contribution in [-0.4, -0.2) is 45.1 Å². The summed E-state index contributed by atoms with van der Waals surface area (Å²) in [4.78, 5) is 16.1. The summed E-state index contributed by atoms with van der Waals surface area (Å²) in [6.45, 7) is 7.54. The van der Waals surface area contributed by atoms with Crippen molar-refractivity contribution in [3.8, 4) is 0 Å². The Hall–Kier alpha value is -2.00. The molecular formula is C18H27N5O3S. The minimum absolute atomic E-state index is 0.0664. The van der Waals surface area contributed by atoms with E-state index in [0.717, 1.165) is 5.69 Å². The van der Waals surface area contributed by atoms with Gasteiger partial charge in [0.25, 0.3) is 15.6 Å². The molecule has 1 aliphatic rings. The average molecular weight is 394 g/mol. The Morgan fingerprint density at radius 1 is 1.19 bits per heavy atom. The van der Waals surface area contributed by atoms with Crippen molar-refractivity contribution in [1.29, 1.82) is 0 Å². The normalized spacial score (nSPS) is 17.3. The number of imidazole rings is 1. The molecule has 0 amide bonds. The third-order valence-corrected chi connectivity index (χ3v) is 6.89. The molecule has 0 unspecified atom stereocenters. The number of hydrogen-bond donors (Lipinski definition) is 0. The van der Waals surface area contributed by atoms with E-state index < -0.39 is 10.0 Å². The standard InChI is InChI=1S/C18H27N5O3S/c1-18(2,3)15-5-6-16(24)23(20-15)13-14-7-10-22(11-8-14)27(25,26)17-19-9-12-21(17)4/h5-6,9,12,14H,7-8,10-11,13H2,1-4H3. The molecule has 0 aliphatic carbocycles. The van der Waals surface area contributed by atoms with Crippen LogP contribution < -0.4 is 5.56 Å². The highest BCUT2D eigenvalue weighted by molar-refractivity contribution is 7.89. The topological polar surface area (TPSA) is 90.1 Å². The highest BCUT2D eigenvalue weighted by atomic mass is 32.2. The first-order valence-electron chi connectivity index (χ1n) is 9.15. The summed E-state index contributed by atoms with van der Waals surface area (Å²) in [5.74, 6) is 0.221. The Kier molecular flexibility index (Phi) is 5.27. The maximum Gasteiger partial charge on any atom is 0.276 e. The second-order valence-electron chi connectivity index (χ2n) is 8.16. The number of sulfonamides is 1. The number of hydrogen-bond acceptors (Lipinski definition) is 5. The number of aryl methyl sites for hydroxylation is 1. The maximum atomic E-state index is 12.7. The van der Waals surface area contributed by atoms with Gasteiger partial charge in [-0.25, -0.2) is 18.1 Å². The zero-order valence-electron chi connectivity index (χ0n) is 16.3. The molecule has 0 atom stereocenters. The third-order valence-electron chi connectivity index (χ3n) is 4.99. The predicted octanol–water partition coefficient (Wildman–Crippen LogP) is 1.38. The van der Waals surface area contributed by atoms with Gasteiger partial charge in [-0.1, -0.05) is 20.8 Å². The third kappa shape index (κ3) is 4.14. The molecular weight excluding hydrogens is 366 g/mol. The fourth-order valence-electron chi connectivity index (χ4n) is 3.27. The average Bonchev–Trinajstić information content (AvgIpc) is 3.03.